The van der Waals surface area contributed by atoms with Crippen molar-refractivity contribution in [2.75, 3.05) is 0 Å². The molecule has 0 unspecified atom stereocenters. The fraction of sp³-hybridized carbons (Fsp3) is 0.235. The first-order valence-electron chi connectivity index (χ1n) is 7.55. The Morgan fingerprint density at radius 1 is 1.12 bits per heavy atom. The molecule has 1 N–H and O–H groups in total. The fourth-order valence-corrected chi connectivity index (χ4v) is 5.51. The SMILES string of the molecule is CC(C)c1csc(-c2ccc(S(=O)(=O)NCc3ccccc3)s2)n1. The highest BCUT2D eigenvalue weighted by atomic mass is 32.2. The molecule has 3 rings (SSSR count). The molecule has 0 saturated heterocycles. The zero-order chi connectivity index (χ0) is 17.2. The summed E-state index contributed by atoms with van der Waals surface area (Å²) < 4.78 is 27.9. The molecule has 0 saturated carbocycles. The molecule has 0 aliphatic carbocycles. The molecule has 2 aromatic heterocycles. The highest BCUT2D eigenvalue weighted by molar-refractivity contribution is 7.91. The van der Waals surface area contributed by atoms with Crippen LogP contribution in [0.25, 0.3) is 9.88 Å². The summed E-state index contributed by atoms with van der Waals surface area (Å²) >= 11 is 2.80. The second kappa shape index (κ2) is 7.14. The van der Waals surface area contributed by atoms with Gasteiger partial charge in [0.15, 0.2) is 0 Å². The van der Waals surface area contributed by atoms with E-state index in [-0.39, 0.29) is 6.54 Å². The first-order chi connectivity index (χ1) is 11.5. The Balaban J connectivity index is 1.76. The van der Waals surface area contributed by atoms with Crippen molar-refractivity contribution < 1.29 is 8.42 Å². The van der Waals surface area contributed by atoms with Gasteiger partial charge in [-0.2, -0.15) is 0 Å². The monoisotopic (exact) mass is 378 g/mol. The third-order valence-corrected chi connectivity index (χ3v) is 7.49. The van der Waals surface area contributed by atoms with E-state index in [9.17, 15) is 8.42 Å². The standard InChI is InChI=1S/C17H18N2O2S3/c1-12(2)14-11-22-17(19-14)15-8-9-16(23-15)24(20,21)18-10-13-6-4-3-5-7-13/h3-9,11-12,18H,10H2,1-2H3. The van der Waals surface area contributed by atoms with Gasteiger partial charge in [-0.25, -0.2) is 18.1 Å². The number of thiazole rings is 1. The third-order valence-electron chi connectivity index (χ3n) is 3.48. The summed E-state index contributed by atoms with van der Waals surface area (Å²) in [6.45, 7) is 4.47. The first kappa shape index (κ1) is 17.3. The smallest absolute Gasteiger partial charge is 0.240 e. The predicted octanol–water partition coefficient (Wildman–Crippen LogP) is 4.47. The summed E-state index contributed by atoms with van der Waals surface area (Å²) in [5.74, 6) is 0.366. The zero-order valence-electron chi connectivity index (χ0n) is 13.4. The van der Waals surface area contributed by atoms with Crippen LogP contribution in [-0.2, 0) is 16.6 Å². The minimum atomic E-state index is -3.51. The maximum atomic E-state index is 12.4. The number of nitrogens with zero attached hydrogens (tertiary/aromatic N) is 1. The molecule has 0 spiro atoms. The van der Waals surface area contributed by atoms with E-state index in [1.54, 1.807) is 17.4 Å². The Bertz CT molecular complexity index is 912. The highest BCUT2D eigenvalue weighted by Gasteiger charge is 2.18. The van der Waals surface area contributed by atoms with Gasteiger partial charge in [-0.05, 0) is 23.6 Å². The highest BCUT2D eigenvalue weighted by Crippen LogP contribution is 2.33. The Morgan fingerprint density at radius 3 is 2.54 bits per heavy atom. The van der Waals surface area contributed by atoms with E-state index in [1.807, 2.05) is 41.8 Å². The lowest BCUT2D eigenvalue weighted by Gasteiger charge is -2.04. The van der Waals surface area contributed by atoms with Crippen LogP contribution in [0.2, 0.25) is 0 Å². The van der Waals surface area contributed by atoms with E-state index in [0.29, 0.717) is 10.1 Å². The quantitative estimate of drug-likeness (QED) is 0.688. The minimum Gasteiger partial charge on any atom is -0.240 e. The number of sulfonamides is 1. The van der Waals surface area contributed by atoms with Crippen molar-refractivity contribution >= 4 is 32.7 Å². The number of thiophene rings is 1. The van der Waals surface area contributed by atoms with E-state index in [1.165, 1.54) is 11.3 Å². The van der Waals surface area contributed by atoms with Gasteiger partial charge in [0.1, 0.15) is 9.22 Å². The van der Waals surface area contributed by atoms with Gasteiger partial charge in [0.25, 0.3) is 0 Å². The van der Waals surface area contributed by atoms with Crippen molar-refractivity contribution in [2.45, 2.75) is 30.5 Å². The number of hydrogen-bond acceptors (Lipinski definition) is 5. The van der Waals surface area contributed by atoms with E-state index >= 15 is 0 Å². The number of rotatable bonds is 6. The molecule has 126 valence electrons. The lowest BCUT2D eigenvalue weighted by molar-refractivity contribution is 0.583. The van der Waals surface area contributed by atoms with Gasteiger partial charge < -0.3 is 0 Å². The van der Waals surface area contributed by atoms with Crippen LogP contribution in [-0.4, -0.2) is 13.4 Å². The predicted molar refractivity (Wildman–Crippen MR) is 100.0 cm³/mol. The molecule has 0 aliphatic rings. The molecule has 0 amide bonds. The Labute approximate surface area is 150 Å². The number of aromatic nitrogens is 1. The largest absolute Gasteiger partial charge is 0.250 e. The van der Waals surface area contributed by atoms with Crippen molar-refractivity contribution in [2.24, 2.45) is 0 Å². The summed E-state index contributed by atoms with van der Waals surface area (Å²) in [4.78, 5) is 5.46. The summed E-state index contributed by atoms with van der Waals surface area (Å²) in [6, 6.07) is 12.9. The van der Waals surface area contributed by atoms with Crippen LogP contribution in [0.4, 0.5) is 0 Å². The normalized spacial score (nSPS) is 12.0. The summed E-state index contributed by atoms with van der Waals surface area (Å²) in [7, 11) is -3.51. The number of hydrogen-bond donors (Lipinski definition) is 1. The number of nitrogens with one attached hydrogen (secondary N) is 1. The lowest BCUT2D eigenvalue weighted by Crippen LogP contribution is -2.22. The maximum absolute atomic E-state index is 12.4. The molecule has 0 fully saturated rings. The Morgan fingerprint density at radius 2 is 1.88 bits per heavy atom. The summed E-state index contributed by atoms with van der Waals surface area (Å²) in [5.41, 5.74) is 1.97. The van der Waals surface area contributed by atoms with Crippen LogP contribution in [0.1, 0.15) is 31.0 Å². The molecule has 7 heteroatoms. The van der Waals surface area contributed by atoms with Gasteiger partial charge in [-0.3, -0.25) is 0 Å². The van der Waals surface area contributed by atoms with Crippen molar-refractivity contribution in [3.63, 3.8) is 0 Å². The first-order valence-corrected chi connectivity index (χ1v) is 10.7. The minimum absolute atomic E-state index is 0.283. The van der Waals surface area contributed by atoms with E-state index < -0.39 is 10.0 Å². The van der Waals surface area contributed by atoms with Gasteiger partial charge in [0.2, 0.25) is 10.0 Å². The molecular weight excluding hydrogens is 360 g/mol. The zero-order valence-corrected chi connectivity index (χ0v) is 15.8. The molecule has 3 aromatic rings. The van der Waals surface area contributed by atoms with Crippen LogP contribution in [0.15, 0.2) is 52.1 Å². The molecular formula is C17H18N2O2S3. The van der Waals surface area contributed by atoms with Crippen LogP contribution in [0.3, 0.4) is 0 Å². The van der Waals surface area contributed by atoms with Crippen molar-refractivity contribution in [3.8, 4) is 9.88 Å². The van der Waals surface area contributed by atoms with E-state index in [2.05, 4.69) is 23.6 Å². The second-order valence-corrected chi connectivity index (χ2v) is 9.60. The van der Waals surface area contributed by atoms with Crippen molar-refractivity contribution in [1.29, 1.82) is 0 Å². The van der Waals surface area contributed by atoms with Gasteiger partial charge in [0.05, 0.1) is 10.6 Å². The van der Waals surface area contributed by atoms with Gasteiger partial charge in [-0.15, -0.1) is 22.7 Å². The second-order valence-electron chi connectivity index (χ2n) is 5.66. The third kappa shape index (κ3) is 3.92. The fourth-order valence-electron chi connectivity index (χ4n) is 2.09. The molecule has 24 heavy (non-hydrogen) atoms. The van der Waals surface area contributed by atoms with Gasteiger partial charge in [-0.1, -0.05) is 44.2 Å². The molecule has 1 aromatic carbocycles. The number of benzene rings is 1. The average Bonchev–Trinajstić information content (AvgIpc) is 3.23. The van der Waals surface area contributed by atoms with Crippen LogP contribution < -0.4 is 4.72 Å². The molecule has 2 heterocycles. The lowest BCUT2D eigenvalue weighted by atomic mass is 10.2. The molecule has 0 atom stereocenters. The summed E-state index contributed by atoms with van der Waals surface area (Å²) in [5, 5.41) is 2.90. The Kier molecular flexibility index (Phi) is 5.15. The Hall–Kier alpha value is -1.54. The van der Waals surface area contributed by atoms with Crippen molar-refractivity contribution in [3.05, 3.63) is 59.1 Å². The maximum Gasteiger partial charge on any atom is 0.250 e. The van der Waals surface area contributed by atoms with E-state index in [0.717, 1.165) is 21.1 Å². The molecule has 4 nitrogen and oxygen atoms in total. The van der Waals surface area contributed by atoms with Crippen LogP contribution in [0.5, 0.6) is 0 Å². The van der Waals surface area contributed by atoms with Gasteiger partial charge >= 0.3 is 0 Å². The van der Waals surface area contributed by atoms with Crippen LogP contribution in [0, 0.1) is 0 Å². The molecule has 0 aliphatic heterocycles. The average molecular weight is 379 g/mol. The summed E-state index contributed by atoms with van der Waals surface area (Å²) in [6.07, 6.45) is 0. The molecule has 0 radical (unpaired) electrons. The van der Waals surface area contributed by atoms with E-state index in [4.69, 9.17) is 0 Å². The van der Waals surface area contributed by atoms with Crippen LogP contribution >= 0.6 is 22.7 Å². The van der Waals surface area contributed by atoms with Gasteiger partial charge in [0, 0.05) is 11.9 Å². The van der Waals surface area contributed by atoms with Crippen molar-refractivity contribution in [1.82, 2.24) is 9.71 Å². The molecule has 0 bridgehead atoms. The topological polar surface area (TPSA) is 59.1 Å².